The molecule has 140 valence electrons. The number of thioether (sulfide) groups is 1. The van der Waals surface area contributed by atoms with Gasteiger partial charge in [-0.15, -0.1) is 0 Å². The summed E-state index contributed by atoms with van der Waals surface area (Å²) in [5, 5.41) is 3.18. The molecule has 0 radical (unpaired) electrons. The Kier molecular flexibility index (Phi) is 4.26. The van der Waals surface area contributed by atoms with Crippen LogP contribution in [0.2, 0.25) is 0 Å². The van der Waals surface area contributed by atoms with Gasteiger partial charge in [0, 0.05) is 0 Å². The number of fused-ring (bicyclic) bond motifs is 1. The summed E-state index contributed by atoms with van der Waals surface area (Å²) in [6, 6.07) is 0. The highest BCUT2D eigenvalue weighted by Gasteiger charge is 2.46. The average molecular weight is 390 g/mol. The van der Waals surface area contributed by atoms with E-state index >= 15 is 0 Å². The smallest absolute Gasteiger partial charge is 0.255 e. The number of ether oxygens (including phenoxy) is 1. The van der Waals surface area contributed by atoms with Gasteiger partial charge in [0.2, 0.25) is 23.6 Å². The van der Waals surface area contributed by atoms with Gasteiger partial charge in [0.1, 0.15) is 15.3 Å². The molecule has 1 aliphatic rings. The lowest BCUT2D eigenvalue weighted by Gasteiger charge is -2.38. The second-order valence-corrected chi connectivity index (χ2v) is 7.32. The third-order valence-corrected chi connectivity index (χ3v) is 5.74. The number of hydrogen-bond acceptors (Lipinski definition) is 9. The number of carbonyl (C=O) groups is 1. The fourth-order valence-corrected chi connectivity index (χ4v) is 4.12. The van der Waals surface area contributed by atoms with Crippen molar-refractivity contribution in [3.05, 3.63) is 18.3 Å². The van der Waals surface area contributed by atoms with Gasteiger partial charge in [-0.2, -0.15) is 14.4 Å². The minimum atomic E-state index is -0.760. The highest BCUT2D eigenvalue weighted by Crippen LogP contribution is 2.48. The normalized spacial score (nSPS) is 15.3. The Morgan fingerprint density at radius 2 is 2.19 bits per heavy atom. The average Bonchev–Trinajstić information content (AvgIpc) is 3.07. The van der Waals surface area contributed by atoms with Gasteiger partial charge >= 0.3 is 0 Å². The van der Waals surface area contributed by atoms with E-state index in [1.165, 1.54) is 25.2 Å². The van der Waals surface area contributed by atoms with E-state index in [1.54, 1.807) is 0 Å². The Balaban J connectivity index is 1.60. The minimum absolute atomic E-state index is 0.0287. The highest BCUT2D eigenvalue weighted by molar-refractivity contribution is 8.01. The number of H-pyrrole nitrogens is 1. The summed E-state index contributed by atoms with van der Waals surface area (Å²) in [7, 11) is 1.29. The van der Waals surface area contributed by atoms with Crippen LogP contribution >= 0.6 is 11.8 Å². The van der Waals surface area contributed by atoms with E-state index < -0.39 is 10.6 Å². The zero-order valence-corrected chi connectivity index (χ0v) is 15.0. The van der Waals surface area contributed by atoms with Crippen LogP contribution in [0.15, 0.2) is 17.6 Å². The molecule has 0 aliphatic heterocycles. The van der Waals surface area contributed by atoms with E-state index in [2.05, 4.69) is 35.2 Å². The molecule has 27 heavy (non-hydrogen) atoms. The maximum Gasteiger partial charge on any atom is 0.255 e. The van der Waals surface area contributed by atoms with Gasteiger partial charge in [0.05, 0.1) is 19.6 Å². The van der Waals surface area contributed by atoms with Gasteiger partial charge in [-0.05, 0) is 19.3 Å². The van der Waals surface area contributed by atoms with Crippen molar-refractivity contribution in [3.8, 4) is 5.88 Å². The van der Waals surface area contributed by atoms with Gasteiger partial charge in [-0.1, -0.05) is 11.8 Å². The van der Waals surface area contributed by atoms with Crippen LogP contribution in [-0.2, 0) is 4.79 Å². The van der Waals surface area contributed by atoms with E-state index in [9.17, 15) is 9.18 Å². The molecular formula is C15H15FN8O2S. The molecule has 4 N–H and O–H groups in total. The largest absolute Gasteiger partial charge is 0.479 e. The zero-order chi connectivity index (χ0) is 19.0. The second-order valence-electron chi connectivity index (χ2n) is 5.94. The molecule has 0 spiro atoms. The van der Waals surface area contributed by atoms with Crippen molar-refractivity contribution in [2.75, 3.05) is 18.2 Å². The third-order valence-electron chi connectivity index (χ3n) is 4.27. The van der Waals surface area contributed by atoms with Crippen LogP contribution in [0.5, 0.6) is 5.88 Å². The summed E-state index contributed by atoms with van der Waals surface area (Å²) in [6.07, 6.45) is 4.61. The number of methoxy groups -OCH3 is 1. The summed E-state index contributed by atoms with van der Waals surface area (Å²) in [6.45, 7) is 0. The first-order chi connectivity index (χ1) is 13.0. The quantitative estimate of drug-likeness (QED) is 0.552. The van der Waals surface area contributed by atoms with Crippen LogP contribution in [0.3, 0.4) is 0 Å². The molecule has 0 saturated heterocycles. The van der Waals surface area contributed by atoms with Crippen LogP contribution in [0.1, 0.15) is 19.3 Å². The summed E-state index contributed by atoms with van der Waals surface area (Å²) in [4.78, 5) is 35.9. The second kappa shape index (κ2) is 6.61. The molecule has 10 nitrogen and oxygen atoms in total. The molecule has 1 amide bonds. The van der Waals surface area contributed by atoms with Crippen LogP contribution in [0.4, 0.5) is 16.3 Å². The summed E-state index contributed by atoms with van der Waals surface area (Å²) in [5.74, 6) is -1.19. The summed E-state index contributed by atoms with van der Waals surface area (Å²) in [5.41, 5.74) is 6.80. The lowest BCUT2D eigenvalue weighted by atomic mass is 9.83. The number of nitrogens with one attached hydrogen (secondary N) is 2. The number of carbonyl (C=O) groups excluding carboxylic acids is 1. The number of nitrogens with two attached hydrogens (primary N) is 1. The van der Waals surface area contributed by atoms with Crippen molar-refractivity contribution >= 4 is 40.7 Å². The number of nitrogens with zero attached hydrogens (tertiary/aromatic N) is 5. The third kappa shape index (κ3) is 3.12. The molecule has 3 aromatic rings. The first-order valence-corrected chi connectivity index (χ1v) is 8.86. The SMILES string of the molecule is COc1nc(NC(=O)C2(Sc3nc(N)nc4nc[nH]c34)CCC2)ncc1F. The van der Waals surface area contributed by atoms with E-state index in [0.717, 1.165) is 12.6 Å². The minimum Gasteiger partial charge on any atom is -0.479 e. The van der Waals surface area contributed by atoms with Crippen molar-refractivity contribution in [2.24, 2.45) is 0 Å². The predicted octanol–water partition coefficient (Wildman–Crippen LogP) is 1.53. The first kappa shape index (κ1) is 17.4. The fourth-order valence-electron chi connectivity index (χ4n) is 2.73. The number of halogens is 1. The highest BCUT2D eigenvalue weighted by atomic mass is 32.2. The van der Waals surface area contributed by atoms with Gasteiger partial charge in [-0.25, -0.2) is 15.0 Å². The monoisotopic (exact) mass is 390 g/mol. The number of amides is 1. The maximum atomic E-state index is 13.5. The molecule has 4 rings (SSSR count). The van der Waals surface area contributed by atoms with Gasteiger partial charge in [0.25, 0.3) is 5.88 Å². The maximum absolute atomic E-state index is 13.5. The van der Waals surface area contributed by atoms with Crippen molar-refractivity contribution in [1.29, 1.82) is 0 Å². The fraction of sp³-hybridized carbons (Fsp3) is 0.333. The van der Waals surface area contributed by atoms with Crippen LogP contribution in [0, 0.1) is 5.82 Å². The molecule has 1 aliphatic carbocycles. The zero-order valence-electron chi connectivity index (χ0n) is 14.2. The molecule has 0 atom stereocenters. The Labute approximate surface area is 156 Å². The predicted molar refractivity (Wildman–Crippen MR) is 95.7 cm³/mol. The van der Waals surface area contributed by atoms with Gasteiger partial charge in [0.15, 0.2) is 5.65 Å². The van der Waals surface area contributed by atoms with E-state index in [1.807, 2.05) is 0 Å². The molecular weight excluding hydrogens is 375 g/mol. The van der Waals surface area contributed by atoms with E-state index in [0.29, 0.717) is 29.0 Å². The Morgan fingerprint density at radius 3 is 2.89 bits per heavy atom. The molecule has 1 fully saturated rings. The topological polar surface area (TPSA) is 145 Å². The molecule has 1 saturated carbocycles. The molecule has 0 bridgehead atoms. The molecule has 0 aromatic carbocycles. The molecule has 3 heterocycles. The number of aromatic nitrogens is 6. The lowest BCUT2D eigenvalue weighted by Crippen LogP contribution is -2.46. The van der Waals surface area contributed by atoms with Crippen LogP contribution < -0.4 is 15.8 Å². The number of hydrogen-bond donors (Lipinski definition) is 3. The molecule has 12 heteroatoms. The number of rotatable bonds is 5. The Hall–Kier alpha value is -3.02. The summed E-state index contributed by atoms with van der Waals surface area (Å²) >= 11 is 1.29. The van der Waals surface area contributed by atoms with Crippen molar-refractivity contribution in [3.63, 3.8) is 0 Å². The van der Waals surface area contributed by atoms with E-state index in [-0.39, 0.29) is 23.7 Å². The Bertz CT molecular complexity index is 1020. The standard InChI is InChI=1S/C15H15FN8O2S/c1-26-10-7(16)5-18-14(22-10)24-12(25)15(3-2-4-15)27-11-8-9(20-6-19-8)21-13(17)23-11/h5-6H,2-4H2,1H3,(H,18,22,24,25)(H3,17,19,20,21,23). The summed E-state index contributed by atoms with van der Waals surface area (Å²) < 4.78 is 17.5. The Morgan fingerprint density at radius 1 is 1.37 bits per heavy atom. The molecule has 3 aromatic heterocycles. The number of imidazole rings is 1. The lowest BCUT2D eigenvalue weighted by molar-refractivity contribution is -0.120. The van der Waals surface area contributed by atoms with Crippen molar-refractivity contribution in [2.45, 2.75) is 29.0 Å². The van der Waals surface area contributed by atoms with Crippen molar-refractivity contribution in [1.82, 2.24) is 29.9 Å². The first-order valence-electron chi connectivity index (χ1n) is 8.04. The van der Waals surface area contributed by atoms with Gasteiger partial charge in [-0.3, -0.25) is 10.1 Å². The molecule has 0 unspecified atom stereocenters. The van der Waals surface area contributed by atoms with Crippen LogP contribution in [0.25, 0.3) is 11.2 Å². The number of nitrogen functional groups attached to an aromatic ring is 1. The van der Waals surface area contributed by atoms with Crippen molar-refractivity contribution < 1.29 is 13.9 Å². The van der Waals surface area contributed by atoms with Gasteiger partial charge < -0.3 is 15.5 Å². The van der Waals surface area contributed by atoms with E-state index in [4.69, 9.17) is 10.5 Å². The van der Waals surface area contributed by atoms with Crippen LogP contribution in [-0.4, -0.2) is 47.7 Å². The number of aromatic amines is 1. The number of anilines is 2.